The van der Waals surface area contributed by atoms with E-state index in [0.29, 0.717) is 25.9 Å². The van der Waals surface area contributed by atoms with Crippen molar-refractivity contribution in [3.05, 3.63) is 39.9 Å². The van der Waals surface area contributed by atoms with Crippen LogP contribution in [-0.4, -0.2) is 140 Å². The van der Waals surface area contributed by atoms with E-state index in [1.165, 1.54) is 12.1 Å². The zero-order valence-corrected chi connectivity index (χ0v) is 34.3. The molecule has 3 rings (SSSR count). The number of hydrogen-bond donors (Lipinski definition) is 1. The SMILES string of the molecule is CC[C@H](C)[C@@H]([C@@H](CC(=O)N1CCC[C@H]1[C@H](OC)[C@@H](C)C(=O)N(C)CCc1cccc([N+](=O)[O-])c1)OC)N(C)C(=O)[C@@H](NC(=O)[C@@H]1CCCCN1C)C(C)C. The van der Waals surface area contributed by atoms with Gasteiger partial charge in [0.05, 0.1) is 47.6 Å². The highest BCUT2D eigenvalue weighted by atomic mass is 16.6. The van der Waals surface area contributed by atoms with Crippen LogP contribution in [-0.2, 0) is 35.1 Å². The first-order chi connectivity index (χ1) is 25.6. The Labute approximate surface area is 322 Å². The number of carbonyl (C=O) groups excluding carboxylic acids is 4. The number of likely N-dealkylation sites (N-methyl/N-ethyl adjacent to an activating group) is 3. The standard InChI is InChI=1S/C40H66N6O8/c1-11-27(4)36(44(8)40(50)35(26(2)3)41-38(48)32-18-12-13-21-42(32)6)33(53-9)25-34(47)45-22-15-19-31(45)37(54-10)28(5)39(49)43(7)23-20-29-16-14-17-30(24-29)46(51)52/h14,16-17,24,26-28,31-33,35-37H,11-13,15,18-23,25H2,1-10H3,(H,41,48)/t27-,28+,31-,32-,33+,35-,36-,37+/m0/s1. The van der Waals surface area contributed by atoms with Crippen LogP contribution in [0.25, 0.3) is 0 Å². The second-order valence-corrected chi connectivity index (χ2v) is 15.7. The molecule has 1 N–H and O–H groups in total. The van der Waals surface area contributed by atoms with Gasteiger partial charge in [-0.25, -0.2) is 0 Å². The van der Waals surface area contributed by atoms with Gasteiger partial charge in [-0.15, -0.1) is 0 Å². The van der Waals surface area contributed by atoms with E-state index in [1.54, 1.807) is 55.1 Å². The molecule has 2 fully saturated rings. The van der Waals surface area contributed by atoms with Crippen molar-refractivity contribution in [2.24, 2.45) is 17.8 Å². The number of hydrogen-bond acceptors (Lipinski definition) is 9. The number of nitro groups is 1. The molecule has 0 aliphatic carbocycles. The molecule has 4 amide bonds. The molecule has 0 unspecified atom stereocenters. The fraction of sp³-hybridized carbons (Fsp3) is 0.750. The predicted octanol–water partition coefficient (Wildman–Crippen LogP) is 4.14. The Hall–Kier alpha value is -3.62. The Bertz CT molecular complexity index is 1430. The number of amides is 4. The Morgan fingerprint density at radius 1 is 1.00 bits per heavy atom. The summed E-state index contributed by atoms with van der Waals surface area (Å²) >= 11 is 0. The number of nitro benzene ring substituents is 1. The lowest BCUT2D eigenvalue weighted by molar-refractivity contribution is -0.384. The number of ether oxygens (including phenoxy) is 2. The van der Waals surface area contributed by atoms with Gasteiger partial charge in [0.25, 0.3) is 5.69 Å². The Balaban J connectivity index is 1.73. The highest BCUT2D eigenvalue weighted by Crippen LogP contribution is 2.30. The first-order valence-electron chi connectivity index (χ1n) is 19.7. The minimum Gasteiger partial charge on any atom is -0.379 e. The summed E-state index contributed by atoms with van der Waals surface area (Å²) in [6, 6.07) is 4.64. The van der Waals surface area contributed by atoms with Crippen LogP contribution in [0.15, 0.2) is 24.3 Å². The number of non-ortho nitro benzene ring substituents is 1. The van der Waals surface area contributed by atoms with Crippen LogP contribution in [0, 0.1) is 27.9 Å². The second kappa shape index (κ2) is 20.9. The lowest BCUT2D eigenvalue weighted by atomic mass is 9.89. The molecular formula is C40H66N6O8. The summed E-state index contributed by atoms with van der Waals surface area (Å²) < 4.78 is 12.0. The van der Waals surface area contributed by atoms with Gasteiger partial charge in [0, 0.05) is 53.5 Å². The summed E-state index contributed by atoms with van der Waals surface area (Å²) in [6.07, 6.45) is 4.28. The molecule has 0 aromatic heterocycles. The van der Waals surface area contributed by atoms with Gasteiger partial charge in [-0.1, -0.05) is 59.6 Å². The van der Waals surface area contributed by atoms with Crippen LogP contribution >= 0.6 is 0 Å². The Morgan fingerprint density at radius 2 is 1.70 bits per heavy atom. The monoisotopic (exact) mass is 758 g/mol. The molecule has 0 bridgehead atoms. The minimum atomic E-state index is -0.730. The van der Waals surface area contributed by atoms with Crippen molar-refractivity contribution in [1.29, 1.82) is 0 Å². The van der Waals surface area contributed by atoms with Crippen molar-refractivity contribution in [2.75, 3.05) is 55.0 Å². The van der Waals surface area contributed by atoms with Gasteiger partial charge in [0.1, 0.15) is 6.04 Å². The van der Waals surface area contributed by atoms with Crippen molar-refractivity contribution in [3.8, 4) is 0 Å². The molecule has 0 radical (unpaired) electrons. The zero-order chi connectivity index (χ0) is 40.3. The maximum Gasteiger partial charge on any atom is 0.269 e. The van der Waals surface area contributed by atoms with Crippen LogP contribution in [0.1, 0.15) is 85.1 Å². The summed E-state index contributed by atoms with van der Waals surface area (Å²) in [5.74, 6) is -1.34. The van der Waals surface area contributed by atoms with Crippen LogP contribution < -0.4 is 5.32 Å². The molecule has 0 saturated carbocycles. The van der Waals surface area contributed by atoms with Crippen LogP contribution in [0.3, 0.4) is 0 Å². The highest BCUT2D eigenvalue weighted by Gasteiger charge is 2.43. The van der Waals surface area contributed by atoms with Crippen molar-refractivity contribution < 1.29 is 33.6 Å². The van der Waals surface area contributed by atoms with Crippen LogP contribution in [0.5, 0.6) is 0 Å². The molecule has 304 valence electrons. The molecule has 1 aromatic rings. The molecule has 2 aliphatic heterocycles. The van der Waals surface area contributed by atoms with Gasteiger partial charge < -0.3 is 29.5 Å². The molecule has 14 heteroatoms. The van der Waals surface area contributed by atoms with E-state index in [4.69, 9.17) is 9.47 Å². The third-order valence-electron chi connectivity index (χ3n) is 11.8. The molecular weight excluding hydrogens is 692 g/mol. The molecule has 0 spiro atoms. The quantitative estimate of drug-likeness (QED) is 0.162. The lowest BCUT2D eigenvalue weighted by Crippen LogP contribution is -2.59. The van der Waals surface area contributed by atoms with Gasteiger partial charge in [0.15, 0.2) is 0 Å². The van der Waals surface area contributed by atoms with E-state index < -0.39 is 35.1 Å². The van der Waals surface area contributed by atoms with Crippen molar-refractivity contribution >= 4 is 29.3 Å². The van der Waals surface area contributed by atoms with Crippen LogP contribution in [0.4, 0.5) is 5.69 Å². The Kier molecular flexibility index (Phi) is 17.3. The average molecular weight is 759 g/mol. The average Bonchev–Trinajstić information content (AvgIpc) is 3.64. The van der Waals surface area contributed by atoms with E-state index >= 15 is 0 Å². The van der Waals surface area contributed by atoms with Gasteiger partial charge in [-0.3, -0.25) is 34.2 Å². The molecule has 2 aliphatic rings. The van der Waals surface area contributed by atoms with E-state index in [0.717, 1.165) is 44.2 Å². The number of nitrogens with one attached hydrogen (secondary N) is 1. The topological polar surface area (TPSA) is 155 Å². The molecule has 2 heterocycles. The number of likely N-dealkylation sites (tertiary alicyclic amines) is 2. The van der Waals surface area contributed by atoms with Crippen molar-refractivity contribution in [1.82, 2.24) is 24.9 Å². The fourth-order valence-electron chi connectivity index (χ4n) is 8.27. The summed E-state index contributed by atoms with van der Waals surface area (Å²) in [6.45, 7) is 11.5. The Morgan fingerprint density at radius 3 is 2.30 bits per heavy atom. The van der Waals surface area contributed by atoms with Gasteiger partial charge >= 0.3 is 0 Å². The third-order valence-corrected chi connectivity index (χ3v) is 11.8. The highest BCUT2D eigenvalue weighted by molar-refractivity contribution is 5.90. The van der Waals surface area contributed by atoms with E-state index in [9.17, 15) is 29.3 Å². The number of methoxy groups -OCH3 is 2. The third kappa shape index (κ3) is 11.2. The van der Waals surface area contributed by atoms with E-state index in [2.05, 4.69) is 10.2 Å². The number of nitrogens with zero attached hydrogens (tertiary/aromatic N) is 5. The van der Waals surface area contributed by atoms with Crippen LogP contribution in [0.2, 0.25) is 0 Å². The normalized spacial score (nSPS) is 21.1. The van der Waals surface area contributed by atoms with Crippen molar-refractivity contribution in [3.63, 3.8) is 0 Å². The molecule has 8 atom stereocenters. The number of benzene rings is 1. The maximum atomic E-state index is 14.2. The summed E-state index contributed by atoms with van der Waals surface area (Å²) in [7, 11) is 8.53. The molecule has 1 aromatic carbocycles. The number of piperidine rings is 1. The predicted molar refractivity (Wildman–Crippen MR) is 208 cm³/mol. The lowest BCUT2D eigenvalue weighted by Gasteiger charge is -2.41. The summed E-state index contributed by atoms with van der Waals surface area (Å²) in [4.78, 5) is 73.4. The first kappa shape index (κ1) is 44.8. The number of rotatable bonds is 19. The van der Waals surface area contributed by atoms with Crippen molar-refractivity contribution in [2.45, 2.75) is 122 Å². The minimum absolute atomic E-state index is 0.0102. The van der Waals surface area contributed by atoms with Gasteiger partial charge in [0.2, 0.25) is 23.6 Å². The summed E-state index contributed by atoms with van der Waals surface area (Å²) in [5.41, 5.74) is 0.774. The molecule has 54 heavy (non-hydrogen) atoms. The largest absolute Gasteiger partial charge is 0.379 e. The first-order valence-corrected chi connectivity index (χ1v) is 19.7. The number of carbonyl (C=O) groups is 4. The van der Waals surface area contributed by atoms with E-state index in [-0.39, 0.29) is 59.7 Å². The van der Waals surface area contributed by atoms with E-state index in [1.807, 2.05) is 41.7 Å². The fourth-order valence-corrected chi connectivity index (χ4v) is 8.27. The molecule has 2 saturated heterocycles. The zero-order valence-electron chi connectivity index (χ0n) is 34.3. The van der Waals surface area contributed by atoms with Gasteiger partial charge in [-0.2, -0.15) is 0 Å². The smallest absolute Gasteiger partial charge is 0.269 e. The molecule has 14 nitrogen and oxygen atoms in total. The second-order valence-electron chi connectivity index (χ2n) is 15.7. The maximum absolute atomic E-state index is 14.2. The summed E-state index contributed by atoms with van der Waals surface area (Å²) in [5, 5.41) is 14.3. The van der Waals surface area contributed by atoms with Gasteiger partial charge in [-0.05, 0) is 63.1 Å².